The molecule has 0 rings (SSSR count). The van der Waals surface area contributed by atoms with Crippen molar-refractivity contribution in [3.8, 4) is 6.07 Å². The summed E-state index contributed by atoms with van der Waals surface area (Å²) in [6.45, 7) is 6.93. The summed E-state index contributed by atoms with van der Waals surface area (Å²) in [5.41, 5.74) is -0.745. The maximum atomic E-state index is 11.8. The molecule has 0 amide bonds. The summed E-state index contributed by atoms with van der Waals surface area (Å²) in [6, 6.07) is 0.898. The summed E-state index contributed by atoms with van der Waals surface area (Å²) in [5, 5.41) is 17.8. The van der Waals surface area contributed by atoms with E-state index in [9.17, 15) is 13.2 Å². The SMILES string of the molecule is CC(C)CC(NS(=O)(=O)CCC(C)(C)C#N)C(=O)O. The van der Waals surface area contributed by atoms with Gasteiger partial charge >= 0.3 is 5.97 Å². The van der Waals surface area contributed by atoms with Crippen LogP contribution in [0.25, 0.3) is 0 Å². The number of carboxylic acids is 1. The highest BCUT2D eigenvalue weighted by Crippen LogP contribution is 2.19. The second-order valence-corrected chi connectivity index (χ2v) is 7.58. The van der Waals surface area contributed by atoms with Crippen LogP contribution in [-0.2, 0) is 14.8 Å². The Labute approximate surface area is 114 Å². The van der Waals surface area contributed by atoms with E-state index in [4.69, 9.17) is 10.4 Å². The van der Waals surface area contributed by atoms with Crippen molar-refractivity contribution in [3.05, 3.63) is 0 Å². The van der Waals surface area contributed by atoms with Crippen molar-refractivity contribution in [1.82, 2.24) is 4.72 Å². The number of nitrogens with one attached hydrogen (secondary N) is 1. The van der Waals surface area contributed by atoms with Gasteiger partial charge in [-0.3, -0.25) is 4.79 Å². The highest BCUT2D eigenvalue weighted by molar-refractivity contribution is 7.89. The van der Waals surface area contributed by atoms with E-state index in [0.717, 1.165) is 0 Å². The normalized spacial score (nSPS) is 14.1. The van der Waals surface area contributed by atoms with E-state index in [1.807, 2.05) is 19.9 Å². The van der Waals surface area contributed by atoms with E-state index in [2.05, 4.69) is 4.72 Å². The van der Waals surface area contributed by atoms with Crippen LogP contribution in [0.1, 0.15) is 40.5 Å². The number of nitriles is 1. The van der Waals surface area contributed by atoms with Gasteiger partial charge in [-0.25, -0.2) is 13.1 Å². The molecule has 0 aliphatic carbocycles. The lowest BCUT2D eigenvalue weighted by Crippen LogP contribution is -2.43. The standard InChI is InChI=1S/C12H22N2O4S/c1-9(2)7-10(11(15)16)14-19(17,18)6-5-12(3,4)8-13/h9-10,14H,5-7H2,1-4H3,(H,15,16). The average Bonchev–Trinajstić information content (AvgIpc) is 2.25. The fourth-order valence-corrected chi connectivity index (χ4v) is 2.92. The molecule has 0 aliphatic heterocycles. The molecule has 0 aromatic rings. The average molecular weight is 290 g/mol. The molecule has 0 bridgehead atoms. The first-order chi connectivity index (χ1) is 8.49. The van der Waals surface area contributed by atoms with Crippen LogP contribution in [0.2, 0.25) is 0 Å². The topological polar surface area (TPSA) is 107 Å². The van der Waals surface area contributed by atoms with Crippen LogP contribution in [0, 0.1) is 22.7 Å². The van der Waals surface area contributed by atoms with Crippen molar-refractivity contribution >= 4 is 16.0 Å². The first-order valence-corrected chi connectivity index (χ1v) is 7.78. The Morgan fingerprint density at radius 2 is 1.95 bits per heavy atom. The second-order valence-electron chi connectivity index (χ2n) is 5.70. The van der Waals surface area contributed by atoms with Gasteiger partial charge in [0.2, 0.25) is 10.0 Å². The molecule has 1 unspecified atom stereocenters. The van der Waals surface area contributed by atoms with E-state index in [1.54, 1.807) is 13.8 Å². The molecule has 0 saturated carbocycles. The number of carboxylic acid groups (broad SMARTS) is 1. The van der Waals surface area contributed by atoms with E-state index < -0.39 is 27.4 Å². The maximum Gasteiger partial charge on any atom is 0.321 e. The molecule has 0 spiro atoms. The molecule has 7 heteroatoms. The van der Waals surface area contributed by atoms with Gasteiger partial charge in [0.15, 0.2) is 0 Å². The first-order valence-electron chi connectivity index (χ1n) is 6.13. The van der Waals surface area contributed by atoms with Crippen molar-refractivity contribution < 1.29 is 18.3 Å². The molecular weight excluding hydrogens is 268 g/mol. The van der Waals surface area contributed by atoms with Crippen molar-refractivity contribution in [3.63, 3.8) is 0 Å². The van der Waals surface area contributed by atoms with E-state index in [-0.39, 0.29) is 24.5 Å². The van der Waals surface area contributed by atoms with E-state index >= 15 is 0 Å². The Hall–Kier alpha value is -1.13. The molecule has 0 aromatic heterocycles. The van der Waals surface area contributed by atoms with Crippen LogP contribution in [0.15, 0.2) is 0 Å². The highest BCUT2D eigenvalue weighted by atomic mass is 32.2. The molecule has 6 nitrogen and oxygen atoms in total. The molecule has 0 fully saturated rings. The second kappa shape index (κ2) is 6.87. The Balaban J connectivity index is 4.66. The smallest absolute Gasteiger partial charge is 0.321 e. The molecular formula is C12H22N2O4S. The summed E-state index contributed by atoms with van der Waals surface area (Å²) >= 11 is 0. The van der Waals surface area contributed by atoms with Crippen molar-refractivity contribution in [1.29, 1.82) is 5.26 Å². The highest BCUT2D eigenvalue weighted by Gasteiger charge is 2.27. The van der Waals surface area contributed by atoms with Crippen LogP contribution in [0.4, 0.5) is 0 Å². The van der Waals surface area contributed by atoms with Crippen molar-refractivity contribution in [2.75, 3.05) is 5.75 Å². The summed E-state index contributed by atoms with van der Waals surface area (Å²) in [4.78, 5) is 11.0. The lowest BCUT2D eigenvalue weighted by molar-refractivity contribution is -0.139. The Bertz CT molecular complexity index is 449. The lowest BCUT2D eigenvalue weighted by Gasteiger charge is -2.19. The number of nitrogens with zero attached hydrogens (tertiary/aromatic N) is 1. The molecule has 2 N–H and O–H groups in total. The van der Waals surface area contributed by atoms with Crippen molar-refractivity contribution in [2.45, 2.75) is 46.6 Å². The van der Waals surface area contributed by atoms with Gasteiger partial charge in [-0.05, 0) is 32.6 Å². The van der Waals surface area contributed by atoms with Crippen LogP contribution < -0.4 is 4.72 Å². The van der Waals surface area contributed by atoms with Gasteiger partial charge in [0.25, 0.3) is 0 Å². The quantitative estimate of drug-likeness (QED) is 0.701. The fourth-order valence-electron chi connectivity index (χ4n) is 1.39. The predicted molar refractivity (Wildman–Crippen MR) is 71.8 cm³/mol. The number of sulfonamides is 1. The molecule has 0 radical (unpaired) electrons. The molecule has 0 aromatic carbocycles. The van der Waals surface area contributed by atoms with Gasteiger partial charge in [0.1, 0.15) is 6.04 Å². The summed E-state index contributed by atoms with van der Waals surface area (Å²) in [6.07, 6.45) is 0.392. The molecule has 110 valence electrons. The van der Waals surface area contributed by atoms with Gasteiger partial charge in [0.05, 0.1) is 17.2 Å². The third-order valence-electron chi connectivity index (χ3n) is 2.63. The number of rotatable bonds is 8. The Morgan fingerprint density at radius 3 is 2.32 bits per heavy atom. The van der Waals surface area contributed by atoms with Crippen LogP contribution in [-0.4, -0.2) is 31.3 Å². The minimum absolute atomic E-state index is 0.0688. The minimum Gasteiger partial charge on any atom is -0.480 e. The lowest BCUT2D eigenvalue weighted by atomic mass is 9.93. The summed E-state index contributed by atoms with van der Waals surface area (Å²) in [7, 11) is -3.70. The molecule has 19 heavy (non-hydrogen) atoms. The zero-order valence-corrected chi connectivity index (χ0v) is 12.6. The van der Waals surface area contributed by atoms with Crippen molar-refractivity contribution in [2.24, 2.45) is 11.3 Å². The largest absolute Gasteiger partial charge is 0.480 e. The third kappa shape index (κ3) is 7.80. The van der Waals surface area contributed by atoms with Gasteiger partial charge in [-0.15, -0.1) is 0 Å². The number of hydrogen-bond donors (Lipinski definition) is 2. The zero-order valence-electron chi connectivity index (χ0n) is 11.8. The maximum absolute atomic E-state index is 11.8. The summed E-state index contributed by atoms with van der Waals surface area (Å²) in [5.74, 6) is -1.37. The summed E-state index contributed by atoms with van der Waals surface area (Å²) < 4.78 is 25.8. The first kappa shape index (κ1) is 17.9. The van der Waals surface area contributed by atoms with Crippen LogP contribution in [0.3, 0.4) is 0 Å². The number of hydrogen-bond acceptors (Lipinski definition) is 4. The Morgan fingerprint density at radius 1 is 1.42 bits per heavy atom. The molecule has 0 saturated heterocycles. The van der Waals surface area contributed by atoms with Gasteiger partial charge in [-0.2, -0.15) is 5.26 Å². The monoisotopic (exact) mass is 290 g/mol. The van der Waals surface area contributed by atoms with E-state index in [0.29, 0.717) is 0 Å². The van der Waals surface area contributed by atoms with Gasteiger partial charge < -0.3 is 5.11 Å². The number of carbonyl (C=O) groups is 1. The van der Waals surface area contributed by atoms with Gasteiger partial charge in [-0.1, -0.05) is 13.8 Å². The van der Waals surface area contributed by atoms with Gasteiger partial charge in [0, 0.05) is 0 Å². The fraction of sp³-hybridized carbons (Fsp3) is 0.833. The van der Waals surface area contributed by atoms with Crippen LogP contribution >= 0.6 is 0 Å². The van der Waals surface area contributed by atoms with Crippen LogP contribution in [0.5, 0.6) is 0 Å². The predicted octanol–water partition coefficient (Wildman–Crippen LogP) is 1.34. The Kier molecular flexibility index (Phi) is 6.46. The molecule has 0 aliphatic rings. The third-order valence-corrected chi connectivity index (χ3v) is 4.01. The number of aliphatic carboxylic acids is 1. The molecule has 0 heterocycles. The molecule has 1 atom stereocenters. The minimum atomic E-state index is -3.70. The zero-order chi connectivity index (χ0) is 15.3. The van der Waals surface area contributed by atoms with E-state index in [1.165, 1.54) is 0 Å².